The van der Waals surface area contributed by atoms with E-state index in [1.54, 1.807) is 0 Å². The van der Waals surface area contributed by atoms with Gasteiger partial charge < -0.3 is 0 Å². The monoisotopic (exact) mass is 180 g/mol. The van der Waals surface area contributed by atoms with Gasteiger partial charge in [-0.15, -0.1) is 0 Å². The third kappa shape index (κ3) is 2.33. The van der Waals surface area contributed by atoms with Crippen molar-refractivity contribution in [1.82, 2.24) is 10.2 Å². The van der Waals surface area contributed by atoms with Crippen LogP contribution in [-0.2, 0) is 6.42 Å². The molecule has 74 valence electrons. The second-order valence-electron chi connectivity index (χ2n) is 3.56. The minimum Gasteiger partial charge on any atom is -0.282 e. The Morgan fingerprint density at radius 3 is 2.69 bits per heavy atom. The highest BCUT2D eigenvalue weighted by Crippen LogP contribution is 2.25. The Morgan fingerprint density at radius 1 is 1.38 bits per heavy atom. The average Bonchev–Trinajstić information content (AvgIpc) is 2.61. The molecule has 0 spiro atoms. The third-order valence-corrected chi connectivity index (χ3v) is 2.67. The van der Waals surface area contributed by atoms with E-state index in [1.165, 1.54) is 30.5 Å². The maximum Gasteiger partial charge on any atom is 0.0522 e. The molecule has 1 rings (SSSR count). The molecule has 0 aromatic carbocycles. The van der Waals surface area contributed by atoms with E-state index < -0.39 is 0 Å². The number of H-pyrrole nitrogens is 1. The van der Waals surface area contributed by atoms with E-state index >= 15 is 0 Å². The fourth-order valence-corrected chi connectivity index (χ4v) is 1.86. The Hall–Kier alpha value is -0.790. The van der Waals surface area contributed by atoms with Gasteiger partial charge in [0.05, 0.1) is 6.20 Å². The van der Waals surface area contributed by atoms with E-state index in [0.717, 1.165) is 6.42 Å². The van der Waals surface area contributed by atoms with E-state index in [1.807, 2.05) is 6.20 Å². The van der Waals surface area contributed by atoms with E-state index in [4.69, 9.17) is 0 Å². The van der Waals surface area contributed by atoms with Crippen molar-refractivity contribution in [3.63, 3.8) is 0 Å². The van der Waals surface area contributed by atoms with Gasteiger partial charge in [0.1, 0.15) is 0 Å². The van der Waals surface area contributed by atoms with Gasteiger partial charge in [0.15, 0.2) is 0 Å². The largest absolute Gasteiger partial charge is 0.282 e. The van der Waals surface area contributed by atoms with Gasteiger partial charge in [0.25, 0.3) is 0 Å². The normalized spacial score (nSPS) is 13.2. The molecule has 0 fully saturated rings. The highest BCUT2D eigenvalue weighted by atomic mass is 15.1. The van der Waals surface area contributed by atoms with Crippen LogP contribution < -0.4 is 0 Å². The van der Waals surface area contributed by atoms with Crippen molar-refractivity contribution in [1.29, 1.82) is 0 Å². The van der Waals surface area contributed by atoms with Crippen molar-refractivity contribution in [2.75, 3.05) is 0 Å². The average molecular weight is 180 g/mol. The number of rotatable bonds is 5. The summed E-state index contributed by atoms with van der Waals surface area (Å²) in [7, 11) is 0. The van der Waals surface area contributed by atoms with Gasteiger partial charge in [-0.05, 0) is 24.8 Å². The topological polar surface area (TPSA) is 28.7 Å². The van der Waals surface area contributed by atoms with Gasteiger partial charge in [0, 0.05) is 11.6 Å². The summed E-state index contributed by atoms with van der Waals surface area (Å²) in [4.78, 5) is 0. The van der Waals surface area contributed by atoms with E-state index in [0.29, 0.717) is 5.92 Å². The predicted molar refractivity (Wildman–Crippen MR) is 55.9 cm³/mol. The van der Waals surface area contributed by atoms with Crippen LogP contribution in [0.5, 0.6) is 0 Å². The molecular weight excluding hydrogens is 160 g/mol. The van der Waals surface area contributed by atoms with Crippen LogP contribution in [-0.4, -0.2) is 10.2 Å². The fourth-order valence-electron chi connectivity index (χ4n) is 1.86. The van der Waals surface area contributed by atoms with Crippen molar-refractivity contribution < 1.29 is 0 Å². The minimum atomic E-state index is 0.683. The highest BCUT2D eigenvalue weighted by Gasteiger charge is 2.13. The molecule has 13 heavy (non-hydrogen) atoms. The Kier molecular flexibility index (Phi) is 4.00. The molecule has 1 aromatic rings. The summed E-state index contributed by atoms with van der Waals surface area (Å²) in [6.07, 6.45) is 6.79. The lowest BCUT2D eigenvalue weighted by Gasteiger charge is -2.13. The summed E-state index contributed by atoms with van der Waals surface area (Å²) in [5.74, 6) is 0.683. The molecule has 0 aliphatic rings. The van der Waals surface area contributed by atoms with E-state index in [-0.39, 0.29) is 0 Å². The van der Waals surface area contributed by atoms with Crippen LogP contribution in [0.1, 0.15) is 57.2 Å². The number of nitrogens with one attached hydrogen (secondary N) is 1. The number of hydrogen-bond donors (Lipinski definition) is 1. The first kappa shape index (κ1) is 10.3. The van der Waals surface area contributed by atoms with Crippen molar-refractivity contribution in [3.05, 3.63) is 17.5 Å². The molecule has 2 nitrogen and oxygen atoms in total. The maximum absolute atomic E-state index is 4.12. The molecule has 0 bridgehead atoms. The van der Waals surface area contributed by atoms with Crippen LogP contribution in [0.25, 0.3) is 0 Å². The van der Waals surface area contributed by atoms with Crippen molar-refractivity contribution in [2.45, 2.75) is 52.4 Å². The van der Waals surface area contributed by atoms with Crippen LogP contribution in [0.4, 0.5) is 0 Å². The molecule has 0 aliphatic heterocycles. The fraction of sp³-hybridized carbons (Fsp3) is 0.727. The van der Waals surface area contributed by atoms with Gasteiger partial charge in [-0.2, -0.15) is 5.10 Å². The zero-order valence-electron chi connectivity index (χ0n) is 8.93. The number of hydrogen-bond acceptors (Lipinski definition) is 1. The lowest BCUT2D eigenvalue weighted by atomic mass is 9.94. The molecule has 1 unspecified atom stereocenters. The minimum absolute atomic E-state index is 0.683. The maximum atomic E-state index is 4.12. The van der Waals surface area contributed by atoms with E-state index in [2.05, 4.69) is 31.0 Å². The van der Waals surface area contributed by atoms with Crippen LogP contribution in [0.3, 0.4) is 0 Å². The number of aryl methyl sites for hydroxylation is 1. The van der Waals surface area contributed by atoms with Gasteiger partial charge >= 0.3 is 0 Å². The summed E-state index contributed by atoms with van der Waals surface area (Å²) in [5, 5.41) is 7.26. The molecule has 1 atom stereocenters. The first-order valence-corrected chi connectivity index (χ1v) is 5.35. The zero-order valence-corrected chi connectivity index (χ0v) is 8.93. The summed E-state index contributed by atoms with van der Waals surface area (Å²) in [6.45, 7) is 6.68. The highest BCUT2D eigenvalue weighted by molar-refractivity contribution is 5.20. The Balaban J connectivity index is 2.77. The first-order valence-electron chi connectivity index (χ1n) is 5.35. The SMILES string of the molecule is CCCC(CC)c1[nH]ncc1CC. The third-order valence-electron chi connectivity index (χ3n) is 2.67. The molecular formula is C11H20N2. The Morgan fingerprint density at radius 2 is 2.15 bits per heavy atom. The van der Waals surface area contributed by atoms with Gasteiger partial charge in [-0.1, -0.05) is 27.2 Å². The first-order chi connectivity index (χ1) is 6.33. The summed E-state index contributed by atoms with van der Waals surface area (Å²) < 4.78 is 0. The Labute approximate surface area is 80.7 Å². The smallest absolute Gasteiger partial charge is 0.0522 e. The van der Waals surface area contributed by atoms with Crippen molar-refractivity contribution >= 4 is 0 Å². The molecule has 1 heterocycles. The van der Waals surface area contributed by atoms with E-state index in [9.17, 15) is 0 Å². The number of aromatic nitrogens is 2. The lowest BCUT2D eigenvalue weighted by Crippen LogP contribution is -2.00. The quantitative estimate of drug-likeness (QED) is 0.740. The predicted octanol–water partition coefficient (Wildman–Crippen LogP) is 3.27. The molecule has 0 aliphatic carbocycles. The molecule has 2 heteroatoms. The van der Waals surface area contributed by atoms with Crippen molar-refractivity contribution in [2.24, 2.45) is 0 Å². The summed E-state index contributed by atoms with van der Waals surface area (Å²) >= 11 is 0. The molecule has 0 radical (unpaired) electrons. The summed E-state index contributed by atoms with van der Waals surface area (Å²) in [6, 6.07) is 0. The van der Waals surface area contributed by atoms with Gasteiger partial charge in [-0.3, -0.25) is 5.10 Å². The van der Waals surface area contributed by atoms with Crippen LogP contribution in [0, 0.1) is 0 Å². The summed E-state index contributed by atoms with van der Waals surface area (Å²) in [5.41, 5.74) is 2.76. The number of aromatic amines is 1. The van der Waals surface area contributed by atoms with Gasteiger partial charge in [-0.25, -0.2) is 0 Å². The Bertz CT molecular complexity index is 240. The van der Waals surface area contributed by atoms with Crippen LogP contribution in [0.2, 0.25) is 0 Å². The second-order valence-corrected chi connectivity index (χ2v) is 3.56. The van der Waals surface area contributed by atoms with Gasteiger partial charge in [0.2, 0.25) is 0 Å². The standard InChI is InChI=1S/C11H20N2/c1-4-7-9(5-2)11-10(6-3)8-12-13-11/h8-9H,4-7H2,1-3H3,(H,12,13). The molecule has 1 N–H and O–H groups in total. The molecule has 0 amide bonds. The molecule has 1 aromatic heterocycles. The molecule has 0 saturated carbocycles. The zero-order chi connectivity index (χ0) is 9.68. The molecule has 0 saturated heterocycles. The second kappa shape index (κ2) is 5.05. The van der Waals surface area contributed by atoms with Crippen molar-refractivity contribution in [3.8, 4) is 0 Å². The van der Waals surface area contributed by atoms with Crippen LogP contribution in [0.15, 0.2) is 6.20 Å². The van der Waals surface area contributed by atoms with Crippen LogP contribution >= 0.6 is 0 Å². The lowest BCUT2D eigenvalue weighted by molar-refractivity contribution is 0.575. The number of nitrogens with zero attached hydrogens (tertiary/aromatic N) is 1.